The molecule has 0 unspecified atom stereocenters. The minimum absolute atomic E-state index is 0.158. The summed E-state index contributed by atoms with van der Waals surface area (Å²) in [6, 6.07) is 15.2. The maximum absolute atomic E-state index is 12.2. The van der Waals surface area contributed by atoms with Crippen molar-refractivity contribution in [2.45, 2.75) is 4.90 Å². The average molecular weight is 324 g/mol. The Kier molecular flexibility index (Phi) is 4.53. The molecule has 0 aliphatic rings. The first-order valence-corrected chi connectivity index (χ1v) is 8.37. The zero-order valence-electron chi connectivity index (χ0n) is 12.9. The molecule has 0 amide bonds. The van der Waals surface area contributed by atoms with Gasteiger partial charge in [-0.05, 0) is 42.2 Å². The van der Waals surface area contributed by atoms with Gasteiger partial charge in [0.2, 0.25) is 5.78 Å². The zero-order chi connectivity index (χ0) is 16.2. The smallest absolute Gasteiger partial charge is 0.221 e. The van der Waals surface area contributed by atoms with Gasteiger partial charge in [0.05, 0.1) is 7.11 Å². The van der Waals surface area contributed by atoms with Crippen molar-refractivity contribution >= 4 is 34.6 Å². The lowest BCUT2D eigenvalue weighted by molar-refractivity contribution is 0.102. The molecule has 3 aromatic rings. The van der Waals surface area contributed by atoms with Crippen LogP contribution in [0.25, 0.3) is 17.0 Å². The van der Waals surface area contributed by atoms with Crippen LogP contribution in [0, 0.1) is 0 Å². The van der Waals surface area contributed by atoms with Crippen LogP contribution in [0.4, 0.5) is 0 Å². The molecular weight excluding hydrogens is 308 g/mol. The minimum Gasteiger partial charge on any atom is -0.496 e. The van der Waals surface area contributed by atoms with Gasteiger partial charge in [0.15, 0.2) is 5.76 Å². The molecule has 3 rings (SSSR count). The highest BCUT2D eigenvalue weighted by atomic mass is 32.2. The molecule has 0 fully saturated rings. The highest BCUT2D eigenvalue weighted by molar-refractivity contribution is 7.98. The second-order valence-corrected chi connectivity index (χ2v) is 5.81. The number of methoxy groups -OCH3 is 1. The molecule has 4 heteroatoms. The number of rotatable bonds is 5. The normalized spacial score (nSPS) is 11.2. The van der Waals surface area contributed by atoms with E-state index in [4.69, 9.17) is 9.15 Å². The fraction of sp³-hybridized carbons (Fsp3) is 0.105. The number of carbonyl (C=O) groups excluding carboxylic acids is 1. The van der Waals surface area contributed by atoms with E-state index in [1.807, 2.05) is 48.7 Å². The third-order valence-electron chi connectivity index (χ3n) is 3.50. The Morgan fingerprint density at radius 2 is 2.00 bits per heavy atom. The molecule has 0 saturated carbocycles. The van der Waals surface area contributed by atoms with Crippen LogP contribution in [0.1, 0.15) is 16.1 Å². The van der Waals surface area contributed by atoms with E-state index in [0.717, 1.165) is 27.2 Å². The van der Waals surface area contributed by atoms with E-state index in [1.54, 1.807) is 31.0 Å². The minimum atomic E-state index is -0.158. The molecule has 23 heavy (non-hydrogen) atoms. The summed E-state index contributed by atoms with van der Waals surface area (Å²) in [6.07, 6.45) is 5.28. The molecule has 0 bridgehead atoms. The lowest BCUT2D eigenvalue weighted by Gasteiger charge is -2.06. The maximum atomic E-state index is 12.2. The number of fused-ring (bicyclic) bond motifs is 1. The van der Waals surface area contributed by atoms with Crippen LogP contribution in [0.3, 0.4) is 0 Å². The number of para-hydroxylation sites is 1. The van der Waals surface area contributed by atoms with Gasteiger partial charge in [-0.2, -0.15) is 0 Å². The van der Waals surface area contributed by atoms with Gasteiger partial charge in [0.1, 0.15) is 11.3 Å². The Labute approximate surface area is 138 Å². The fourth-order valence-corrected chi connectivity index (χ4v) is 2.86. The molecule has 0 atom stereocenters. The second-order valence-electron chi connectivity index (χ2n) is 4.96. The van der Waals surface area contributed by atoms with Crippen molar-refractivity contribution in [1.82, 2.24) is 0 Å². The van der Waals surface area contributed by atoms with Crippen LogP contribution in [0.15, 0.2) is 63.9 Å². The summed E-state index contributed by atoms with van der Waals surface area (Å²) in [7, 11) is 1.64. The molecule has 0 radical (unpaired) electrons. The molecule has 2 aromatic carbocycles. The van der Waals surface area contributed by atoms with Gasteiger partial charge in [0, 0.05) is 10.3 Å². The number of thioether (sulfide) groups is 1. The van der Waals surface area contributed by atoms with E-state index in [1.165, 1.54) is 6.08 Å². The number of hydrogen-bond donors (Lipinski definition) is 0. The lowest BCUT2D eigenvalue weighted by atomic mass is 10.1. The molecule has 116 valence electrons. The summed E-state index contributed by atoms with van der Waals surface area (Å²) < 4.78 is 10.9. The van der Waals surface area contributed by atoms with E-state index < -0.39 is 0 Å². The quantitative estimate of drug-likeness (QED) is 0.373. The summed E-state index contributed by atoms with van der Waals surface area (Å²) >= 11 is 1.62. The monoisotopic (exact) mass is 324 g/mol. The van der Waals surface area contributed by atoms with Gasteiger partial charge in [-0.15, -0.1) is 11.8 Å². The van der Waals surface area contributed by atoms with Gasteiger partial charge in [-0.3, -0.25) is 4.79 Å². The fourth-order valence-electron chi connectivity index (χ4n) is 2.31. The predicted molar refractivity (Wildman–Crippen MR) is 94.4 cm³/mol. The summed E-state index contributed by atoms with van der Waals surface area (Å²) in [6.45, 7) is 0. The lowest BCUT2D eigenvalue weighted by Crippen LogP contribution is -1.91. The van der Waals surface area contributed by atoms with Crippen LogP contribution in [0.5, 0.6) is 5.75 Å². The van der Waals surface area contributed by atoms with Crippen LogP contribution < -0.4 is 4.74 Å². The molecule has 0 aliphatic carbocycles. The van der Waals surface area contributed by atoms with Gasteiger partial charge < -0.3 is 9.15 Å². The average Bonchev–Trinajstić information content (AvgIpc) is 3.03. The van der Waals surface area contributed by atoms with Crippen molar-refractivity contribution in [2.24, 2.45) is 0 Å². The van der Waals surface area contributed by atoms with Crippen LogP contribution in [-0.2, 0) is 0 Å². The van der Waals surface area contributed by atoms with Crippen molar-refractivity contribution in [3.63, 3.8) is 0 Å². The second kappa shape index (κ2) is 6.75. The molecule has 1 aromatic heterocycles. The molecular formula is C19H16O3S. The van der Waals surface area contributed by atoms with Crippen molar-refractivity contribution in [3.05, 3.63) is 65.9 Å². The number of ether oxygens (including phenoxy) is 1. The summed E-state index contributed by atoms with van der Waals surface area (Å²) in [5.41, 5.74) is 1.62. The van der Waals surface area contributed by atoms with Gasteiger partial charge in [0.25, 0.3) is 0 Å². The number of allylic oxidation sites excluding steroid dienone is 1. The van der Waals surface area contributed by atoms with Gasteiger partial charge >= 0.3 is 0 Å². The Balaban J connectivity index is 1.83. The molecule has 3 nitrogen and oxygen atoms in total. The Morgan fingerprint density at radius 3 is 2.74 bits per heavy atom. The standard InChI is InChI=1S/C19H16O3S/c1-21-18-11-13(8-10-19(18)23-2)7-9-15(20)17-12-14-5-3-4-6-16(14)22-17/h3-12H,1-2H3/b9-7+. The van der Waals surface area contributed by atoms with Crippen LogP contribution >= 0.6 is 11.8 Å². The third kappa shape index (κ3) is 3.32. The largest absolute Gasteiger partial charge is 0.496 e. The van der Waals surface area contributed by atoms with E-state index in [0.29, 0.717) is 5.76 Å². The highest BCUT2D eigenvalue weighted by Crippen LogP contribution is 2.28. The number of ketones is 1. The predicted octanol–water partition coefficient (Wildman–Crippen LogP) is 5.06. The van der Waals surface area contributed by atoms with Crippen molar-refractivity contribution in [2.75, 3.05) is 13.4 Å². The van der Waals surface area contributed by atoms with Crippen LogP contribution in [-0.4, -0.2) is 19.1 Å². The summed E-state index contributed by atoms with van der Waals surface area (Å²) in [4.78, 5) is 13.3. The van der Waals surface area contributed by atoms with Crippen molar-refractivity contribution in [3.8, 4) is 5.75 Å². The van der Waals surface area contributed by atoms with E-state index in [9.17, 15) is 4.79 Å². The van der Waals surface area contributed by atoms with Gasteiger partial charge in [-0.25, -0.2) is 0 Å². The first kappa shape index (κ1) is 15.4. The number of hydrogen-bond acceptors (Lipinski definition) is 4. The first-order chi connectivity index (χ1) is 11.2. The molecule has 0 N–H and O–H groups in total. The summed E-state index contributed by atoms with van der Waals surface area (Å²) in [5.74, 6) is 0.986. The zero-order valence-corrected chi connectivity index (χ0v) is 13.7. The van der Waals surface area contributed by atoms with Gasteiger partial charge in [-0.1, -0.05) is 30.3 Å². The third-order valence-corrected chi connectivity index (χ3v) is 4.28. The summed E-state index contributed by atoms with van der Waals surface area (Å²) in [5, 5.41) is 0.926. The Morgan fingerprint density at radius 1 is 1.17 bits per heavy atom. The number of furan rings is 1. The molecule has 1 heterocycles. The number of carbonyl (C=O) groups is 1. The molecule has 0 aliphatic heterocycles. The highest BCUT2D eigenvalue weighted by Gasteiger charge is 2.09. The van der Waals surface area contributed by atoms with Crippen LogP contribution in [0.2, 0.25) is 0 Å². The first-order valence-electron chi connectivity index (χ1n) is 7.14. The Bertz CT molecular complexity index is 844. The maximum Gasteiger partial charge on any atom is 0.221 e. The van der Waals surface area contributed by atoms with E-state index >= 15 is 0 Å². The van der Waals surface area contributed by atoms with E-state index in [-0.39, 0.29) is 5.78 Å². The van der Waals surface area contributed by atoms with Crippen molar-refractivity contribution in [1.29, 1.82) is 0 Å². The molecule has 0 spiro atoms. The number of benzene rings is 2. The van der Waals surface area contributed by atoms with E-state index in [2.05, 4.69) is 0 Å². The topological polar surface area (TPSA) is 39.4 Å². The Hall–Kier alpha value is -2.46. The van der Waals surface area contributed by atoms with Crippen molar-refractivity contribution < 1.29 is 13.9 Å². The molecule has 0 saturated heterocycles. The SMILES string of the molecule is COc1cc(/C=C/C(=O)c2cc3ccccc3o2)ccc1SC.